The molecular weight excluding hydrogens is 462 g/mol. The number of ether oxygens (including phenoxy) is 4. The standard InChI is InChI=1S/C27H33N3O6/c1-3-34-24-18-23(30-13-15-33-16-14-30)25(35-4-2)17-21(24)28-26(31)19-36-27(32)10-12-29-11-9-20-7-5-6-8-22(20)29/h5-9,11,17-18H,3-4,10,12-16,19H2,1-2H3,(H,28,31). The largest absolute Gasteiger partial charge is 0.492 e. The molecule has 1 aliphatic heterocycles. The first-order chi connectivity index (χ1) is 17.6. The second-order valence-electron chi connectivity index (χ2n) is 8.31. The van der Waals surface area contributed by atoms with Crippen molar-refractivity contribution in [2.75, 3.05) is 56.3 Å². The number of nitrogens with zero attached hydrogens (tertiary/aromatic N) is 2. The van der Waals surface area contributed by atoms with Crippen molar-refractivity contribution < 1.29 is 28.5 Å². The summed E-state index contributed by atoms with van der Waals surface area (Å²) in [6.07, 6.45) is 2.11. The van der Waals surface area contributed by atoms with Crippen molar-refractivity contribution in [3.63, 3.8) is 0 Å². The van der Waals surface area contributed by atoms with Crippen molar-refractivity contribution in [3.05, 3.63) is 48.7 Å². The van der Waals surface area contributed by atoms with Crippen molar-refractivity contribution in [1.29, 1.82) is 0 Å². The van der Waals surface area contributed by atoms with E-state index in [1.807, 2.05) is 61.0 Å². The first-order valence-corrected chi connectivity index (χ1v) is 12.3. The fourth-order valence-corrected chi connectivity index (χ4v) is 4.20. The maximum Gasteiger partial charge on any atom is 0.308 e. The van der Waals surface area contributed by atoms with Gasteiger partial charge in [-0.05, 0) is 31.4 Å². The molecule has 3 aromatic rings. The number of esters is 1. The van der Waals surface area contributed by atoms with Crippen LogP contribution in [-0.2, 0) is 25.6 Å². The SMILES string of the molecule is CCOc1cc(N2CCOCC2)c(OCC)cc1NC(=O)COC(=O)CCn1ccc2ccccc21. The van der Waals surface area contributed by atoms with Crippen LogP contribution in [0, 0.1) is 0 Å². The Morgan fingerprint density at radius 1 is 1.00 bits per heavy atom. The van der Waals surface area contributed by atoms with Crippen molar-refractivity contribution in [1.82, 2.24) is 4.57 Å². The lowest BCUT2D eigenvalue weighted by molar-refractivity contribution is -0.147. The van der Waals surface area contributed by atoms with E-state index in [9.17, 15) is 9.59 Å². The van der Waals surface area contributed by atoms with Gasteiger partial charge >= 0.3 is 5.97 Å². The minimum Gasteiger partial charge on any atom is -0.492 e. The van der Waals surface area contributed by atoms with E-state index in [4.69, 9.17) is 18.9 Å². The summed E-state index contributed by atoms with van der Waals surface area (Å²) in [5.74, 6) is 0.290. The third-order valence-electron chi connectivity index (χ3n) is 5.89. The summed E-state index contributed by atoms with van der Waals surface area (Å²) in [5.41, 5.74) is 2.42. The lowest BCUT2D eigenvalue weighted by Gasteiger charge is -2.31. The molecule has 0 bridgehead atoms. The smallest absolute Gasteiger partial charge is 0.308 e. The van der Waals surface area contributed by atoms with E-state index in [2.05, 4.69) is 10.2 Å². The Morgan fingerprint density at radius 2 is 1.75 bits per heavy atom. The molecule has 0 aliphatic carbocycles. The number of para-hydroxylation sites is 1. The molecule has 0 atom stereocenters. The lowest BCUT2D eigenvalue weighted by Crippen LogP contribution is -2.36. The van der Waals surface area contributed by atoms with E-state index in [1.165, 1.54) is 0 Å². The Morgan fingerprint density at radius 3 is 2.53 bits per heavy atom. The molecule has 4 rings (SSSR count). The quantitative estimate of drug-likeness (QED) is 0.404. The average Bonchev–Trinajstić information content (AvgIpc) is 3.31. The van der Waals surface area contributed by atoms with Gasteiger partial charge in [0.05, 0.1) is 44.2 Å². The Bertz CT molecular complexity index is 1190. The number of amides is 1. The molecule has 1 aliphatic rings. The number of hydrogen-bond donors (Lipinski definition) is 1. The topological polar surface area (TPSA) is 91.3 Å². The summed E-state index contributed by atoms with van der Waals surface area (Å²) in [7, 11) is 0. The number of morpholine rings is 1. The zero-order valence-corrected chi connectivity index (χ0v) is 20.8. The number of carbonyl (C=O) groups excluding carboxylic acids is 2. The summed E-state index contributed by atoms with van der Waals surface area (Å²) in [6.45, 7) is 7.56. The summed E-state index contributed by atoms with van der Waals surface area (Å²) in [4.78, 5) is 27.1. The van der Waals surface area contributed by atoms with Gasteiger partial charge in [0.2, 0.25) is 0 Å². The number of aryl methyl sites for hydroxylation is 1. The van der Waals surface area contributed by atoms with Gasteiger partial charge in [0.25, 0.3) is 5.91 Å². The molecule has 1 aromatic heterocycles. The van der Waals surface area contributed by atoms with Crippen LogP contribution in [-0.4, -0.2) is 62.6 Å². The Hall–Kier alpha value is -3.72. The number of hydrogen-bond acceptors (Lipinski definition) is 7. The van der Waals surface area contributed by atoms with Crippen LogP contribution in [0.25, 0.3) is 10.9 Å². The van der Waals surface area contributed by atoms with Gasteiger partial charge in [-0.15, -0.1) is 0 Å². The second kappa shape index (κ2) is 12.3. The average molecular weight is 496 g/mol. The Balaban J connectivity index is 1.37. The van der Waals surface area contributed by atoms with Crippen LogP contribution < -0.4 is 19.7 Å². The molecule has 0 radical (unpaired) electrons. The summed E-state index contributed by atoms with van der Waals surface area (Å²) >= 11 is 0. The van der Waals surface area contributed by atoms with Gasteiger partial charge in [-0.25, -0.2) is 0 Å². The molecule has 1 saturated heterocycles. The number of carbonyl (C=O) groups is 2. The van der Waals surface area contributed by atoms with Crippen LogP contribution in [0.3, 0.4) is 0 Å². The number of fused-ring (bicyclic) bond motifs is 1. The number of nitrogens with one attached hydrogen (secondary N) is 1. The molecule has 1 fully saturated rings. The summed E-state index contributed by atoms with van der Waals surface area (Å²) in [6, 6.07) is 13.6. The molecule has 0 saturated carbocycles. The van der Waals surface area contributed by atoms with Gasteiger partial charge < -0.3 is 33.7 Å². The number of anilines is 2. The molecular formula is C27H33N3O6. The van der Waals surface area contributed by atoms with Crippen molar-refractivity contribution in [2.45, 2.75) is 26.8 Å². The van der Waals surface area contributed by atoms with Crippen LogP contribution in [0.1, 0.15) is 20.3 Å². The molecule has 0 unspecified atom stereocenters. The van der Waals surface area contributed by atoms with E-state index in [0.717, 1.165) is 29.7 Å². The Labute approximate surface area is 210 Å². The number of benzene rings is 2. The van der Waals surface area contributed by atoms with E-state index in [0.29, 0.717) is 50.2 Å². The molecule has 0 spiro atoms. The molecule has 2 heterocycles. The van der Waals surface area contributed by atoms with E-state index >= 15 is 0 Å². The predicted molar refractivity (Wildman–Crippen MR) is 138 cm³/mol. The highest BCUT2D eigenvalue weighted by molar-refractivity contribution is 5.95. The third kappa shape index (κ3) is 6.28. The van der Waals surface area contributed by atoms with Crippen molar-refractivity contribution >= 4 is 34.2 Å². The van der Waals surface area contributed by atoms with Gasteiger partial charge in [-0.1, -0.05) is 18.2 Å². The van der Waals surface area contributed by atoms with Gasteiger partial charge in [-0.2, -0.15) is 0 Å². The normalized spacial score (nSPS) is 13.4. The molecule has 1 amide bonds. The maximum atomic E-state index is 12.6. The van der Waals surface area contributed by atoms with E-state index in [1.54, 1.807) is 6.07 Å². The molecule has 2 aromatic carbocycles. The summed E-state index contributed by atoms with van der Waals surface area (Å²) in [5, 5.41) is 3.92. The van der Waals surface area contributed by atoms with Gasteiger partial charge in [0.15, 0.2) is 6.61 Å². The van der Waals surface area contributed by atoms with Crippen LogP contribution in [0.4, 0.5) is 11.4 Å². The highest BCUT2D eigenvalue weighted by atomic mass is 16.5. The van der Waals surface area contributed by atoms with E-state index < -0.39 is 11.9 Å². The van der Waals surface area contributed by atoms with Crippen LogP contribution in [0.15, 0.2) is 48.7 Å². The van der Waals surface area contributed by atoms with Gasteiger partial charge in [-0.3, -0.25) is 9.59 Å². The van der Waals surface area contributed by atoms with E-state index in [-0.39, 0.29) is 13.0 Å². The molecule has 36 heavy (non-hydrogen) atoms. The predicted octanol–water partition coefficient (Wildman–Crippen LogP) is 3.85. The van der Waals surface area contributed by atoms with Crippen molar-refractivity contribution in [3.8, 4) is 11.5 Å². The zero-order valence-electron chi connectivity index (χ0n) is 20.8. The highest BCUT2D eigenvalue weighted by Gasteiger charge is 2.21. The fourth-order valence-electron chi connectivity index (χ4n) is 4.20. The lowest BCUT2D eigenvalue weighted by atomic mass is 10.2. The summed E-state index contributed by atoms with van der Waals surface area (Å²) < 4.78 is 24.4. The zero-order chi connectivity index (χ0) is 25.3. The van der Waals surface area contributed by atoms with Crippen LogP contribution >= 0.6 is 0 Å². The highest BCUT2D eigenvalue weighted by Crippen LogP contribution is 2.39. The van der Waals surface area contributed by atoms with Crippen molar-refractivity contribution in [2.24, 2.45) is 0 Å². The van der Waals surface area contributed by atoms with Gasteiger partial charge in [0, 0.05) is 43.5 Å². The maximum absolute atomic E-state index is 12.6. The molecule has 1 N–H and O–H groups in total. The van der Waals surface area contributed by atoms with Gasteiger partial charge in [0.1, 0.15) is 11.5 Å². The molecule has 9 nitrogen and oxygen atoms in total. The van der Waals surface area contributed by atoms with Crippen LogP contribution in [0.2, 0.25) is 0 Å². The first kappa shape index (κ1) is 25.4. The fraction of sp³-hybridized carbons (Fsp3) is 0.407. The molecule has 192 valence electrons. The monoisotopic (exact) mass is 495 g/mol. The van der Waals surface area contributed by atoms with Crippen LogP contribution in [0.5, 0.6) is 11.5 Å². The minimum atomic E-state index is -0.447. The minimum absolute atomic E-state index is 0.166. The molecule has 9 heteroatoms. The second-order valence-corrected chi connectivity index (χ2v) is 8.31. The first-order valence-electron chi connectivity index (χ1n) is 12.3. The number of aromatic nitrogens is 1. The number of rotatable bonds is 11. The third-order valence-corrected chi connectivity index (χ3v) is 5.89. The Kier molecular flexibility index (Phi) is 8.67.